The number of nitrogens with one attached hydrogen (secondary N) is 2. The lowest BCUT2D eigenvalue weighted by Gasteiger charge is -2.43. The van der Waals surface area contributed by atoms with Gasteiger partial charge in [0.2, 0.25) is 6.67 Å². The van der Waals surface area contributed by atoms with E-state index in [1.54, 1.807) is 9.80 Å². The predicted octanol–water partition coefficient (Wildman–Crippen LogP) is 4.49. The molecule has 1 atom stereocenters. The van der Waals surface area contributed by atoms with Crippen molar-refractivity contribution in [1.82, 2.24) is 4.90 Å². The number of hydrogen-bond acceptors (Lipinski definition) is 1. The summed E-state index contributed by atoms with van der Waals surface area (Å²) in [5, 5.41) is 0. The lowest BCUT2D eigenvalue weighted by Crippen LogP contribution is -3.15. The summed E-state index contributed by atoms with van der Waals surface area (Å²) in [6.45, 7) is 37.4. The van der Waals surface area contributed by atoms with Crippen molar-refractivity contribution in [2.45, 2.75) is 147 Å². The highest BCUT2D eigenvalue weighted by Gasteiger charge is 2.31. The third-order valence-corrected chi connectivity index (χ3v) is 7.71. The van der Waals surface area contributed by atoms with Crippen LogP contribution in [0.3, 0.4) is 0 Å². The molecule has 226 valence electrons. The first-order chi connectivity index (χ1) is 16.1. The van der Waals surface area contributed by atoms with E-state index in [4.69, 9.17) is 0 Å². The summed E-state index contributed by atoms with van der Waals surface area (Å²) in [6, 6.07) is 4.28. The van der Waals surface area contributed by atoms with E-state index in [2.05, 4.69) is 137 Å². The van der Waals surface area contributed by atoms with Gasteiger partial charge in [0.05, 0.1) is 72.5 Å². The smallest absolute Gasteiger partial charge is 0.207 e. The molecule has 5 heteroatoms. The minimum absolute atomic E-state index is 0.656. The van der Waals surface area contributed by atoms with Crippen LogP contribution in [0.5, 0.6) is 0 Å². The molecule has 0 spiro atoms. The topological polar surface area (TPSA) is 12.1 Å². The van der Waals surface area contributed by atoms with Crippen LogP contribution in [0.1, 0.15) is 111 Å². The molecular formula is C31H81N5+4. The Balaban J connectivity index is -0.000000127. The zero-order valence-electron chi connectivity index (χ0n) is 30.2. The molecule has 0 radical (unpaired) electrons. The van der Waals surface area contributed by atoms with Gasteiger partial charge in [-0.25, -0.2) is 0 Å². The maximum absolute atomic E-state index is 2.37. The van der Waals surface area contributed by atoms with Gasteiger partial charge in [-0.05, 0) is 90.1 Å². The van der Waals surface area contributed by atoms with Crippen molar-refractivity contribution in [2.24, 2.45) is 0 Å². The van der Waals surface area contributed by atoms with Crippen LogP contribution < -0.4 is 9.80 Å². The molecule has 1 unspecified atom stereocenters. The zero-order valence-corrected chi connectivity index (χ0v) is 30.2. The van der Waals surface area contributed by atoms with E-state index in [1.165, 1.54) is 6.67 Å². The molecule has 0 aliphatic heterocycles. The van der Waals surface area contributed by atoms with Crippen LogP contribution in [-0.4, -0.2) is 113 Å². The molecule has 0 fully saturated rings. The average molecular weight is 524 g/mol. The Kier molecular flexibility index (Phi) is 30.3. The van der Waals surface area contributed by atoms with Crippen molar-refractivity contribution >= 4 is 0 Å². The first-order valence-corrected chi connectivity index (χ1v) is 15.1. The molecule has 0 saturated carbocycles. The maximum Gasteiger partial charge on any atom is 0.207 e. The monoisotopic (exact) mass is 524 g/mol. The molecule has 0 aromatic rings. The van der Waals surface area contributed by atoms with Gasteiger partial charge in [0.1, 0.15) is 6.67 Å². The molecule has 2 N–H and O–H groups in total. The van der Waals surface area contributed by atoms with Gasteiger partial charge in [0.25, 0.3) is 0 Å². The Labute approximate surface area is 233 Å². The van der Waals surface area contributed by atoms with E-state index < -0.39 is 0 Å². The van der Waals surface area contributed by atoms with Crippen molar-refractivity contribution in [1.29, 1.82) is 0 Å². The van der Waals surface area contributed by atoms with Gasteiger partial charge in [-0.3, -0.25) is 13.9 Å². The minimum atomic E-state index is 0.656. The first-order valence-electron chi connectivity index (χ1n) is 15.1. The standard InChI is InChI=1S/C11H28N2.C9H22N2.C7H17N.2C2H6/c1-10(2)12(5,6)9-13(7,8)11(3)4;1-8(2)10(5)7-11(6)9(3)4;1-6(2)8(5)7(3)4;2*1-2/h10-11H,9H2,1-8H3;8-9H,7H2,1-6H3;6-7H,1-5H3;2*1-2H3/q+2;;;;/p+2. The van der Waals surface area contributed by atoms with Crippen LogP contribution in [0.15, 0.2) is 0 Å². The fraction of sp³-hybridized carbons (Fsp3) is 1.00. The van der Waals surface area contributed by atoms with Gasteiger partial charge in [-0.15, -0.1) is 0 Å². The van der Waals surface area contributed by atoms with Crippen molar-refractivity contribution < 1.29 is 18.8 Å². The molecule has 0 aliphatic carbocycles. The van der Waals surface area contributed by atoms with Crippen molar-refractivity contribution in [3.63, 3.8) is 0 Å². The quantitative estimate of drug-likeness (QED) is 0.318. The molecule has 36 heavy (non-hydrogen) atoms. The van der Waals surface area contributed by atoms with Crippen LogP contribution in [0.4, 0.5) is 0 Å². The van der Waals surface area contributed by atoms with Crippen LogP contribution >= 0.6 is 0 Å². The van der Waals surface area contributed by atoms with Crippen LogP contribution in [0, 0.1) is 0 Å². The number of nitrogens with zero attached hydrogens (tertiary/aromatic N) is 3. The van der Waals surface area contributed by atoms with Gasteiger partial charge < -0.3 is 9.80 Å². The van der Waals surface area contributed by atoms with Gasteiger partial charge in [0.15, 0.2) is 0 Å². The Bertz CT molecular complexity index is 402. The first kappa shape index (κ1) is 45.7. The normalized spacial score (nSPS) is 12.8. The Morgan fingerprint density at radius 2 is 0.833 bits per heavy atom. The third kappa shape index (κ3) is 25.4. The molecule has 0 amide bonds. The molecule has 0 aromatic heterocycles. The van der Waals surface area contributed by atoms with Gasteiger partial charge in [-0.1, -0.05) is 27.7 Å². The van der Waals surface area contributed by atoms with Crippen molar-refractivity contribution in [2.75, 3.05) is 62.7 Å². The SMILES string of the molecule is CC.CC.CC(C)N(C)C[NH+](C)C(C)C.CC(C)[N+](C)(C)C[N+](C)(C)C(C)C.CC(C)[NH+](C)C(C)C. The van der Waals surface area contributed by atoms with Gasteiger partial charge in [-0.2, -0.15) is 0 Å². The van der Waals surface area contributed by atoms with E-state index in [1.807, 2.05) is 27.7 Å². The van der Waals surface area contributed by atoms with Crippen LogP contribution in [0.2, 0.25) is 0 Å². The lowest BCUT2D eigenvalue weighted by atomic mass is 10.2. The maximum atomic E-state index is 2.37. The Hall–Kier alpha value is -0.200. The van der Waals surface area contributed by atoms with E-state index in [-0.39, 0.29) is 0 Å². The van der Waals surface area contributed by atoms with E-state index >= 15 is 0 Å². The Morgan fingerprint density at radius 3 is 0.972 bits per heavy atom. The third-order valence-electron chi connectivity index (χ3n) is 7.71. The molecule has 0 saturated heterocycles. The second kappa shape index (κ2) is 23.9. The summed E-state index contributed by atoms with van der Waals surface area (Å²) in [5.74, 6) is 0. The molecule has 0 aliphatic rings. The van der Waals surface area contributed by atoms with Gasteiger partial charge >= 0.3 is 0 Å². The molecule has 5 nitrogen and oxygen atoms in total. The lowest BCUT2D eigenvalue weighted by molar-refractivity contribution is -1.09. The number of rotatable bonds is 10. The predicted molar refractivity (Wildman–Crippen MR) is 169 cm³/mol. The highest BCUT2D eigenvalue weighted by atomic mass is 15.5. The van der Waals surface area contributed by atoms with E-state index in [0.29, 0.717) is 18.1 Å². The molecule has 0 rings (SSSR count). The summed E-state index contributed by atoms with van der Waals surface area (Å²) >= 11 is 0. The van der Waals surface area contributed by atoms with Crippen molar-refractivity contribution in [3.8, 4) is 0 Å². The van der Waals surface area contributed by atoms with Crippen molar-refractivity contribution in [3.05, 3.63) is 0 Å². The van der Waals surface area contributed by atoms with Crippen LogP contribution in [-0.2, 0) is 0 Å². The number of hydrogen-bond donors (Lipinski definition) is 2. The second-order valence-corrected chi connectivity index (χ2v) is 12.9. The van der Waals surface area contributed by atoms with E-state index in [9.17, 15) is 0 Å². The summed E-state index contributed by atoms with van der Waals surface area (Å²) in [5.41, 5.74) is 0. The number of quaternary nitrogens is 4. The summed E-state index contributed by atoms with van der Waals surface area (Å²) in [4.78, 5) is 5.54. The highest BCUT2D eigenvalue weighted by molar-refractivity contribution is 4.50. The Morgan fingerprint density at radius 1 is 0.556 bits per heavy atom. The largest absolute Gasteiger partial charge is 0.333 e. The molecular weight excluding hydrogens is 442 g/mol. The fourth-order valence-electron chi connectivity index (χ4n) is 2.69. The van der Waals surface area contributed by atoms with Gasteiger partial charge in [0, 0.05) is 6.04 Å². The van der Waals surface area contributed by atoms with Crippen LogP contribution in [0.25, 0.3) is 0 Å². The fourth-order valence-corrected chi connectivity index (χ4v) is 2.69. The minimum Gasteiger partial charge on any atom is -0.333 e. The summed E-state index contributed by atoms with van der Waals surface area (Å²) < 4.78 is 2.18. The molecule has 0 heterocycles. The second-order valence-electron chi connectivity index (χ2n) is 12.9. The molecule has 0 aromatic carbocycles. The summed E-state index contributed by atoms with van der Waals surface area (Å²) in [7, 11) is 15.9. The highest BCUT2D eigenvalue weighted by Crippen LogP contribution is 2.14. The van der Waals surface area contributed by atoms with E-state index in [0.717, 1.165) is 33.8 Å². The zero-order chi connectivity index (χ0) is 30.6. The molecule has 0 bridgehead atoms. The average Bonchev–Trinajstić information content (AvgIpc) is 2.75. The summed E-state index contributed by atoms with van der Waals surface area (Å²) in [6.07, 6.45) is 0.